The van der Waals surface area contributed by atoms with Gasteiger partial charge in [-0.1, -0.05) is 0 Å². The number of aliphatic hydroxyl groups excluding tert-OH is 6. The van der Waals surface area contributed by atoms with Gasteiger partial charge in [0.2, 0.25) is 0 Å². The molecule has 2 fully saturated rings. The number of hydrogen-bond acceptors (Lipinski definition) is 15. The third kappa shape index (κ3) is 5.78. The van der Waals surface area contributed by atoms with Gasteiger partial charge in [-0.2, -0.15) is 0 Å². The molecule has 2 aliphatic heterocycles. The first-order valence-electron chi connectivity index (χ1n) is 13.2. The van der Waals surface area contributed by atoms with E-state index >= 15 is 0 Å². The minimum atomic E-state index is -1.93. The van der Waals surface area contributed by atoms with Gasteiger partial charge in [-0.3, -0.25) is 0 Å². The van der Waals surface area contributed by atoms with Crippen LogP contribution in [0.2, 0.25) is 0 Å². The van der Waals surface area contributed by atoms with E-state index in [1.807, 2.05) is 0 Å². The fourth-order valence-corrected chi connectivity index (χ4v) is 4.78. The molecule has 42 heavy (non-hydrogen) atoms. The van der Waals surface area contributed by atoms with Gasteiger partial charge in [0.15, 0.2) is 12.6 Å². The zero-order chi connectivity index (χ0) is 30.4. The van der Waals surface area contributed by atoms with E-state index in [0.717, 1.165) is 0 Å². The molecule has 15 nitrogen and oxygen atoms in total. The van der Waals surface area contributed by atoms with Gasteiger partial charge in [0.25, 0.3) is 0 Å². The quantitative estimate of drug-likeness (QED) is 0.129. The topological polar surface area (TPSA) is 231 Å². The van der Waals surface area contributed by atoms with Crippen molar-refractivity contribution >= 4 is 21.9 Å². The average Bonchev–Trinajstić information content (AvgIpc) is 3.54. The van der Waals surface area contributed by atoms with Crippen molar-refractivity contribution in [2.24, 2.45) is 0 Å². The van der Waals surface area contributed by atoms with Crippen molar-refractivity contribution in [2.75, 3.05) is 26.4 Å². The molecule has 4 heterocycles. The molecule has 5 rings (SSSR count). The number of furan rings is 1. The number of rotatable bonds is 10. The van der Waals surface area contributed by atoms with Gasteiger partial charge in [0.1, 0.15) is 65.7 Å². The Kier molecular flexibility index (Phi) is 8.63. The number of ether oxygens (including phenoxy) is 5. The van der Waals surface area contributed by atoms with E-state index in [-0.39, 0.29) is 12.2 Å². The molecule has 2 aromatic heterocycles. The molecule has 9 atom stereocenters. The Balaban J connectivity index is 1.25. The number of fused-ring (bicyclic) bond motifs is 2. The van der Waals surface area contributed by atoms with Crippen LogP contribution in [-0.2, 0) is 18.9 Å². The zero-order valence-corrected chi connectivity index (χ0v) is 22.7. The number of aliphatic hydroxyl groups is 7. The van der Waals surface area contributed by atoms with Gasteiger partial charge < -0.3 is 68.3 Å². The van der Waals surface area contributed by atoms with Crippen molar-refractivity contribution in [3.8, 4) is 5.75 Å². The first kappa shape index (κ1) is 30.8. The van der Waals surface area contributed by atoms with Crippen LogP contribution < -0.4 is 10.4 Å². The van der Waals surface area contributed by atoms with E-state index in [1.165, 1.54) is 32.2 Å². The van der Waals surface area contributed by atoms with Crippen molar-refractivity contribution in [3.05, 3.63) is 40.9 Å². The summed E-state index contributed by atoms with van der Waals surface area (Å²) < 4.78 is 38.7. The summed E-state index contributed by atoms with van der Waals surface area (Å²) in [5.74, 6) is 0.295. The van der Waals surface area contributed by atoms with Gasteiger partial charge in [-0.15, -0.1) is 0 Å². The zero-order valence-electron chi connectivity index (χ0n) is 22.7. The van der Waals surface area contributed by atoms with Gasteiger partial charge in [0.05, 0.1) is 42.5 Å². The van der Waals surface area contributed by atoms with E-state index < -0.39 is 85.9 Å². The predicted octanol–water partition coefficient (Wildman–Crippen LogP) is -1.66. The van der Waals surface area contributed by atoms with Crippen LogP contribution in [0.4, 0.5) is 0 Å². The lowest BCUT2D eigenvalue weighted by Gasteiger charge is -2.44. The molecule has 0 spiro atoms. The number of hydrogen-bond donors (Lipinski definition) is 7. The highest BCUT2D eigenvalue weighted by atomic mass is 16.7. The molecule has 0 bridgehead atoms. The lowest BCUT2D eigenvalue weighted by atomic mass is 9.97. The molecule has 2 saturated heterocycles. The summed E-state index contributed by atoms with van der Waals surface area (Å²) in [6.45, 7) is 1.03. The highest BCUT2D eigenvalue weighted by Crippen LogP contribution is 2.36. The van der Waals surface area contributed by atoms with E-state index in [1.54, 1.807) is 12.1 Å². The molecular formula is C27H34O15. The van der Waals surface area contributed by atoms with Gasteiger partial charge >= 0.3 is 5.63 Å². The Morgan fingerprint density at radius 3 is 2.50 bits per heavy atom. The summed E-state index contributed by atoms with van der Waals surface area (Å²) in [5.41, 5.74) is -3.32. The van der Waals surface area contributed by atoms with Crippen LogP contribution in [0.15, 0.2) is 44.2 Å². The molecule has 15 heteroatoms. The maximum absolute atomic E-state index is 11.7. The summed E-state index contributed by atoms with van der Waals surface area (Å²) >= 11 is 0. The standard InChI is InChI=1S/C27H34O15/c1-26(2,17(29)9-37-22-12-3-4-18(30)40-15(12)7-14-13(22)5-6-36-14)42-24-21(33)20(32)19(31)16(41-24)8-38-25-23(34)27(35,10-28)11-39-25/h3-7,16-17,19-21,23-25,28-29,31-35H,8-11H2,1-2H3/t16-,17+,19-,20+,21-,23+,24+,25-,27-/m1/s1. The average molecular weight is 599 g/mol. The second-order valence-electron chi connectivity index (χ2n) is 11.0. The molecule has 0 radical (unpaired) electrons. The molecule has 3 aromatic rings. The lowest BCUT2D eigenvalue weighted by molar-refractivity contribution is -0.337. The molecular weight excluding hydrogens is 564 g/mol. The third-order valence-corrected chi connectivity index (χ3v) is 7.59. The van der Waals surface area contributed by atoms with Crippen molar-refractivity contribution in [2.45, 2.75) is 74.3 Å². The molecule has 7 N–H and O–H groups in total. The maximum Gasteiger partial charge on any atom is 0.336 e. The molecule has 0 saturated carbocycles. The van der Waals surface area contributed by atoms with Gasteiger partial charge in [-0.25, -0.2) is 4.79 Å². The molecule has 2 aliphatic rings. The minimum absolute atomic E-state index is 0.223. The summed E-state index contributed by atoms with van der Waals surface area (Å²) in [7, 11) is 0. The Labute approximate surface area is 238 Å². The normalized spacial score (nSPS) is 32.9. The van der Waals surface area contributed by atoms with Crippen molar-refractivity contribution in [1.29, 1.82) is 0 Å². The fourth-order valence-electron chi connectivity index (χ4n) is 4.78. The Morgan fingerprint density at radius 2 is 1.79 bits per heavy atom. The SMILES string of the molecule is CC(C)(O[C@@H]1O[C@H](CO[C@@H]2OC[C@](O)(CO)[C@H]2O)[C@@H](O)[C@H](O)[C@H]1O)[C@@H](O)COc1c2ccoc2cc2oc(=O)ccc12. The maximum atomic E-state index is 11.7. The first-order valence-corrected chi connectivity index (χ1v) is 13.2. The smallest absolute Gasteiger partial charge is 0.336 e. The Morgan fingerprint density at radius 1 is 1.05 bits per heavy atom. The van der Waals surface area contributed by atoms with E-state index in [4.69, 9.17) is 32.5 Å². The fraction of sp³-hybridized carbons (Fsp3) is 0.593. The van der Waals surface area contributed by atoms with Crippen LogP contribution in [0.25, 0.3) is 21.9 Å². The van der Waals surface area contributed by atoms with E-state index in [0.29, 0.717) is 22.1 Å². The lowest BCUT2D eigenvalue weighted by Crippen LogP contribution is -2.62. The molecule has 232 valence electrons. The molecule has 0 aliphatic carbocycles. The van der Waals surface area contributed by atoms with Crippen LogP contribution in [0.3, 0.4) is 0 Å². The summed E-state index contributed by atoms with van der Waals surface area (Å²) in [4.78, 5) is 11.7. The van der Waals surface area contributed by atoms with Crippen molar-refractivity contribution < 1.29 is 68.3 Å². The van der Waals surface area contributed by atoms with Gasteiger partial charge in [-0.05, 0) is 26.0 Å². The Hall–Kier alpha value is -2.67. The number of benzene rings is 1. The summed E-state index contributed by atoms with van der Waals surface area (Å²) in [6.07, 6.45) is -10.8. The van der Waals surface area contributed by atoms with Crippen molar-refractivity contribution in [1.82, 2.24) is 0 Å². The highest BCUT2D eigenvalue weighted by molar-refractivity contribution is 6.01. The summed E-state index contributed by atoms with van der Waals surface area (Å²) in [6, 6.07) is 5.97. The highest BCUT2D eigenvalue weighted by Gasteiger charge is 2.51. The van der Waals surface area contributed by atoms with Crippen LogP contribution in [0.5, 0.6) is 5.75 Å². The van der Waals surface area contributed by atoms with Crippen molar-refractivity contribution in [3.63, 3.8) is 0 Å². The molecule has 0 amide bonds. The van der Waals surface area contributed by atoms with E-state index in [9.17, 15) is 40.5 Å². The second-order valence-corrected chi connectivity index (χ2v) is 11.0. The monoisotopic (exact) mass is 598 g/mol. The van der Waals surface area contributed by atoms with Crippen LogP contribution >= 0.6 is 0 Å². The van der Waals surface area contributed by atoms with Gasteiger partial charge in [0, 0.05) is 12.1 Å². The summed E-state index contributed by atoms with van der Waals surface area (Å²) in [5, 5.41) is 73.1. The van der Waals surface area contributed by atoms with Crippen LogP contribution in [0.1, 0.15) is 13.8 Å². The molecule has 1 aromatic carbocycles. The van der Waals surface area contributed by atoms with E-state index in [2.05, 4.69) is 0 Å². The Bertz CT molecular complexity index is 1430. The predicted molar refractivity (Wildman–Crippen MR) is 139 cm³/mol. The molecule has 0 unspecified atom stereocenters. The largest absolute Gasteiger partial charge is 0.489 e. The third-order valence-electron chi connectivity index (χ3n) is 7.59. The van der Waals surface area contributed by atoms with Crippen LogP contribution in [-0.4, -0.2) is 123 Å². The van der Waals surface area contributed by atoms with Crippen LogP contribution in [0, 0.1) is 0 Å². The first-order chi connectivity index (χ1) is 19.8. The second kappa shape index (κ2) is 11.8. The minimum Gasteiger partial charge on any atom is -0.489 e.